The lowest BCUT2D eigenvalue weighted by atomic mass is 10.00. The van der Waals surface area contributed by atoms with Crippen LogP contribution in [0.15, 0.2) is 0 Å². The van der Waals surface area contributed by atoms with Crippen LogP contribution in [0.3, 0.4) is 0 Å². The van der Waals surface area contributed by atoms with E-state index in [0.717, 1.165) is 108 Å². The number of hydrogen-bond donors (Lipinski definition) is 3. The number of rotatable bonds is 69. The molecular weight excluding hydrogens is 1190 g/mol. The first kappa shape index (κ1) is 88.1. The number of aliphatic hydroxyl groups excluding tert-OH is 1. The van der Waals surface area contributed by atoms with E-state index < -0.39 is 97.5 Å². The van der Waals surface area contributed by atoms with Gasteiger partial charge in [0.25, 0.3) is 0 Å². The van der Waals surface area contributed by atoms with Crippen LogP contribution in [-0.2, 0) is 65.4 Å². The Hall–Kier alpha value is -1.94. The molecule has 6 atom stereocenters. The normalized spacial score (nSPS) is 14.5. The second kappa shape index (κ2) is 61.9. The Morgan fingerprint density at radius 3 is 0.844 bits per heavy atom. The molecule has 0 aliphatic rings. The van der Waals surface area contributed by atoms with Gasteiger partial charge >= 0.3 is 39.5 Å². The van der Waals surface area contributed by atoms with Gasteiger partial charge in [-0.1, -0.05) is 305 Å². The first-order chi connectivity index (χ1) is 43.3. The summed E-state index contributed by atoms with van der Waals surface area (Å²) in [7, 11) is -9.90. The molecule has 0 heterocycles. The first-order valence-electron chi connectivity index (χ1n) is 36.9. The number of carbonyl (C=O) groups is 4. The van der Waals surface area contributed by atoms with Crippen LogP contribution in [0.25, 0.3) is 0 Å². The summed E-state index contributed by atoms with van der Waals surface area (Å²) >= 11 is 0. The zero-order valence-electron chi connectivity index (χ0n) is 58.6. The van der Waals surface area contributed by atoms with Crippen LogP contribution in [0.4, 0.5) is 0 Å². The van der Waals surface area contributed by atoms with Crippen molar-refractivity contribution in [1.29, 1.82) is 0 Å². The Balaban J connectivity index is 5.23. The van der Waals surface area contributed by atoms with Crippen LogP contribution in [-0.4, -0.2) is 96.7 Å². The summed E-state index contributed by atoms with van der Waals surface area (Å²) < 4.78 is 68.3. The van der Waals surface area contributed by atoms with Crippen molar-refractivity contribution in [3.63, 3.8) is 0 Å². The molecule has 0 radical (unpaired) electrons. The lowest BCUT2D eigenvalue weighted by Gasteiger charge is -2.21. The summed E-state index contributed by atoms with van der Waals surface area (Å²) in [5, 5.41) is 10.6. The maximum absolute atomic E-state index is 13.0. The first-order valence-corrected chi connectivity index (χ1v) is 39.9. The van der Waals surface area contributed by atoms with Gasteiger partial charge in [-0.15, -0.1) is 0 Å². The van der Waals surface area contributed by atoms with E-state index in [-0.39, 0.29) is 25.7 Å². The van der Waals surface area contributed by atoms with E-state index in [1.54, 1.807) is 0 Å². The number of ether oxygens (including phenoxy) is 4. The maximum atomic E-state index is 13.0. The molecule has 0 aromatic carbocycles. The predicted octanol–water partition coefficient (Wildman–Crippen LogP) is 20.2. The van der Waals surface area contributed by atoms with Gasteiger partial charge < -0.3 is 33.8 Å². The molecule has 90 heavy (non-hydrogen) atoms. The molecule has 0 aliphatic heterocycles. The van der Waals surface area contributed by atoms with Crippen LogP contribution >= 0.6 is 15.6 Å². The highest BCUT2D eigenvalue weighted by Gasteiger charge is 2.30. The van der Waals surface area contributed by atoms with Crippen molar-refractivity contribution < 1.29 is 80.2 Å². The average molecular weight is 1330 g/mol. The number of phosphoric acid groups is 2. The highest BCUT2D eigenvalue weighted by atomic mass is 31.2. The number of phosphoric ester groups is 2. The highest BCUT2D eigenvalue weighted by Crippen LogP contribution is 2.45. The molecule has 0 saturated carbocycles. The molecule has 534 valence electrons. The van der Waals surface area contributed by atoms with Crippen LogP contribution in [0, 0.1) is 17.8 Å². The number of esters is 4. The minimum absolute atomic E-state index is 0.102. The van der Waals surface area contributed by atoms with E-state index in [9.17, 15) is 43.2 Å². The Kier molecular flexibility index (Phi) is 60.6. The largest absolute Gasteiger partial charge is 0.472 e. The van der Waals surface area contributed by atoms with Crippen LogP contribution in [0.5, 0.6) is 0 Å². The fraction of sp³-hybridized carbons (Fsp3) is 0.944. The van der Waals surface area contributed by atoms with E-state index in [1.165, 1.54) is 161 Å². The van der Waals surface area contributed by atoms with Gasteiger partial charge in [0.2, 0.25) is 0 Å². The van der Waals surface area contributed by atoms with Crippen molar-refractivity contribution in [3.05, 3.63) is 0 Å². The van der Waals surface area contributed by atoms with E-state index in [1.807, 2.05) is 0 Å². The van der Waals surface area contributed by atoms with Crippen molar-refractivity contribution in [2.75, 3.05) is 39.6 Å². The van der Waals surface area contributed by atoms with Crippen molar-refractivity contribution in [1.82, 2.24) is 0 Å². The van der Waals surface area contributed by atoms with E-state index in [2.05, 4.69) is 48.5 Å². The van der Waals surface area contributed by atoms with Gasteiger partial charge in [-0.25, -0.2) is 9.13 Å². The molecule has 17 nitrogen and oxygen atoms in total. The summed E-state index contributed by atoms with van der Waals surface area (Å²) in [5.74, 6) is 0.0414. The topological polar surface area (TPSA) is 237 Å². The second-order valence-corrected chi connectivity index (χ2v) is 29.7. The van der Waals surface area contributed by atoms with Gasteiger partial charge in [-0.3, -0.25) is 37.3 Å². The molecule has 0 saturated heterocycles. The van der Waals surface area contributed by atoms with Crippen LogP contribution in [0.2, 0.25) is 0 Å². The minimum Gasteiger partial charge on any atom is -0.462 e. The van der Waals surface area contributed by atoms with Crippen molar-refractivity contribution >= 4 is 39.5 Å². The number of aliphatic hydroxyl groups is 1. The number of carbonyl (C=O) groups excluding carboxylic acids is 4. The smallest absolute Gasteiger partial charge is 0.462 e. The van der Waals surface area contributed by atoms with Crippen molar-refractivity contribution in [2.45, 2.75) is 375 Å². The molecule has 3 unspecified atom stereocenters. The Morgan fingerprint density at radius 1 is 0.322 bits per heavy atom. The Morgan fingerprint density at radius 2 is 0.567 bits per heavy atom. The van der Waals surface area contributed by atoms with Crippen molar-refractivity contribution in [2.24, 2.45) is 17.8 Å². The molecule has 0 fully saturated rings. The molecule has 0 aliphatic carbocycles. The molecule has 0 rings (SSSR count). The molecule has 0 aromatic heterocycles. The lowest BCUT2D eigenvalue weighted by Crippen LogP contribution is -2.30. The summed E-state index contributed by atoms with van der Waals surface area (Å²) in [5.41, 5.74) is 0. The summed E-state index contributed by atoms with van der Waals surface area (Å²) in [6, 6.07) is 0. The third-order valence-corrected chi connectivity index (χ3v) is 18.6. The summed E-state index contributed by atoms with van der Waals surface area (Å²) in [4.78, 5) is 72.5. The zero-order chi connectivity index (χ0) is 66.6. The Labute approximate surface area is 549 Å². The zero-order valence-corrected chi connectivity index (χ0v) is 60.4. The molecular formula is C71H138O17P2. The second-order valence-electron chi connectivity index (χ2n) is 26.8. The highest BCUT2D eigenvalue weighted by molar-refractivity contribution is 7.47. The van der Waals surface area contributed by atoms with Crippen molar-refractivity contribution in [3.8, 4) is 0 Å². The van der Waals surface area contributed by atoms with Crippen LogP contribution in [0.1, 0.15) is 357 Å². The standard InChI is InChI=1S/C71H138O17P2/c1-8-10-11-12-13-14-15-16-17-18-19-20-23-27-30-40-47-54-70(75)87-66(58-81-68(73)52-45-38-29-26-24-21-22-25-28-35-42-49-62(3)4)60-85-89(77,78)83-56-65(72)57-84-90(79,80)86-61-67(59-82-69(74)53-46-39-33-31-36-43-50-63(5)6)88-71(76)55-48-41-34-32-37-44-51-64(7)9-2/h62-67,72H,8-61H2,1-7H3,(H,77,78)(H,79,80)/t64?,65-,66-,67-/m1/s1. The molecule has 3 N–H and O–H groups in total. The van der Waals surface area contributed by atoms with Gasteiger partial charge in [0.05, 0.1) is 26.4 Å². The fourth-order valence-electron chi connectivity index (χ4n) is 10.7. The average Bonchev–Trinajstić information content (AvgIpc) is 3.63. The van der Waals surface area contributed by atoms with Gasteiger partial charge in [-0.2, -0.15) is 0 Å². The third-order valence-electron chi connectivity index (χ3n) is 16.7. The molecule has 0 spiro atoms. The molecule has 0 aromatic rings. The van der Waals surface area contributed by atoms with E-state index in [0.29, 0.717) is 31.6 Å². The van der Waals surface area contributed by atoms with Gasteiger partial charge in [0.15, 0.2) is 12.2 Å². The maximum Gasteiger partial charge on any atom is 0.472 e. The lowest BCUT2D eigenvalue weighted by molar-refractivity contribution is -0.161. The SMILES string of the molecule is CCCCCCCCCCCCCCCCCCCC(=O)O[C@H](COC(=O)CCCCCCCCCCCCCC(C)C)COP(=O)(O)OC[C@@H](O)COP(=O)(O)OC[C@@H](COC(=O)CCCCCCCCC(C)C)OC(=O)CCCCCCCCC(C)CC. The summed E-state index contributed by atoms with van der Waals surface area (Å²) in [6.07, 6.45) is 46.0. The molecule has 19 heteroatoms. The van der Waals surface area contributed by atoms with Gasteiger partial charge in [-0.05, 0) is 43.4 Å². The third kappa shape index (κ3) is 63.5. The summed E-state index contributed by atoms with van der Waals surface area (Å²) in [6.45, 7) is 11.7. The van der Waals surface area contributed by atoms with Gasteiger partial charge in [0, 0.05) is 25.7 Å². The Bertz CT molecular complexity index is 1770. The van der Waals surface area contributed by atoms with E-state index >= 15 is 0 Å². The quantitative estimate of drug-likeness (QED) is 0.0222. The molecule has 0 bridgehead atoms. The fourth-order valence-corrected chi connectivity index (χ4v) is 12.3. The number of hydrogen-bond acceptors (Lipinski definition) is 15. The van der Waals surface area contributed by atoms with E-state index in [4.69, 9.17) is 37.0 Å². The number of unbranched alkanes of at least 4 members (excludes halogenated alkanes) is 36. The predicted molar refractivity (Wildman–Crippen MR) is 363 cm³/mol. The minimum atomic E-state index is -4.95. The monoisotopic (exact) mass is 1320 g/mol. The van der Waals surface area contributed by atoms with Gasteiger partial charge in [0.1, 0.15) is 19.3 Å². The van der Waals surface area contributed by atoms with Crippen LogP contribution < -0.4 is 0 Å². The molecule has 0 amide bonds.